The molecule has 0 aromatic heterocycles. The van der Waals surface area contributed by atoms with Gasteiger partial charge in [0.2, 0.25) is 0 Å². The number of carboxylic acid groups (broad SMARTS) is 1. The van der Waals surface area contributed by atoms with Gasteiger partial charge in [-0.1, -0.05) is 84.5 Å². The van der Waals surface area contributed by atoms with E-state index in [1.165, 1.54) is 26.7 Å². The maximum Gasteiger partial charge on any atom is 1.00 e. The van der Waals surface area contributed by atoms with Crippen molar-refractivity contribution < 1.29 is 48.6 Å². The van der Waals surface area contributed by atoms with Crippen molar-refractivity contribution in [3.63, 3.8) is 0 Å². The number of carbonyl (C=O) groups is 3. The van der Waals surface area contributed by atoms with E-state index in [1.807, 2.05) is 91.0 Å². The molecule has 344 valence electrons. The Balaban J connectivity index is -0.000000709. The number of carboxylic acids is 1. The molecule has 0 saturated carbocycles. The first-order valence-corrected chi connectivity index (χ1v) is 28.0. The fourth-order valence-corrected chi connectivity index (χ4v) is 5.97. The van der Waals surface area contributed by atoms with Crippen LogP contribution in [0.4, 0.5) is 22.7 Å². The predicted octanol–water partition coefficient (Wildman–Crippen LogP) is 10.3. The van der Waals surface area contributed by atoms with Crippen LogP contribution in [0.25, 0.3) is 0 Å². The Morgan fingerprint density at radius 1 is 0.762 bits per heavy atom. The molecule has 0 radical (unpaired) electrons. The van der Waals surface area contributed by atoms with Crippen molar-refractivity contribution in [1.82, 2.24) is 4.90 Å². The van der Waals surface area contributed by atoms with Gasteiger partial charge in [0.1, 0.15) is 0 Å². The van der Waals surface area contributed by atoms with Gasteiger partial charge in [0.15, 0.2) is 5.78 Å². The third-order valence-corrected chi connectivity index (χ3v) is 10.2. The topological polar surface area (TPSA) is 176 Å². The average molecular weight is 1200 g/mol. The maximum absolute atomic E-state index is 11.6. The zero-order valence-electron chi connectivity index (χ0n) is 36.4. The summed E-state index contributed by atoms with van der Waals surface area (Å²) in [6.45, 7) is 12.5. The van der Waals surface area contributed by atoms with Gasteiger partial charge >= 0.3 is 42.2 Å². The summed E-state index contributed by atoms with van der Waals surface area (Å²) in [4.78, 5) is 35.0. The summed E-state index contributed by atoms with van der Waals surface area (Å²) in [5.41, 5.74) is 10.1. The number of nitrogens with zero attached hydrogens (tertiary/aromatic N) is 1. The Morgan fingerprint density at radius 2 is 1.17 bits per heavy atom. The number of anilines is 4. The Kier molecular flexibility index (Phi) is 43.8. The molecule has 0 spiro atoms. The Labute approximate surface area is 436 Å². The molecule has 0 amide bonds. The van der Waals surface area contributed by atoms with Crippen LogP contribution in [0, 0.1) is 0 Å². The number of halogens is 7. The SMILES string of the molecule is CCN(CC)CC.COC(=O)CCCNc1ccc(Br)cc1.Nc1ccc(Br)cc1.O=C(O)CCCNc1ccc(Br)cc1.O=C1CCCNc2ccc(Br)cc21.[Cl][Al]([Cl])[Cl].[Li+].[OH-]. The van der Waals surface area contributed by atoms with Crippen molar-refractivity contribution >= 4 is 146 Å². The molecule has 1 heterocycles. The second kappa shape index (κ2) is 41.9. The molecule has 0 bridgehead atoms. The zero-order chi connectivity index (χ0) is 46.0. The number of fused-ring (bicyclic) bond motifs is 1. The van der Waals surface area contributed by atoms with E-state index in [-0.39, 0.29) is 42.5 Å². The minimum atomic E-state index is -1.72. The summed E-state index contributed by atoms with van der Waals surface area (Å²) in [6, 6.07) is 29.0. The van der Waals surface area contributed by atoms with E-state index in [2.05, 4.69) is 110 Å². The summed E-state index contributed by atoms with van der Waals surface area (Å²) in [5, 5.41) is 18.0. The summed E-state index contributed by atoms with van der Waals surface area (Å²) >= 11 is 11.6. The monoisotopic (exact) mass is 1200 g/mol. The fraction of sp³-hybridized carbons (Fsp3) is 0.372. The zero-order valence-corrected chi connectivity index (χ0v) is 46.2. The molecule has 63 heavy (non-hydrogen) atoms. The van der Waals surface area contributed by atoms with Crippen molar-refractivity contribution in [2.45, 2.75) is 59.3 Å². The van der Waals surface area contributed by atoms with Crippen LogP contribution < -0.4 is 40.5 Å². The van der Waals surface area contributed by atoms with Gasteiger partial charge in [-0.15, -0.1) is 0 Å². The van der Waals surface area contributed by atoms with Crippen LogP contribution in [0.5, 0.6) is 0 Å². The number of nitrogens with two attached hydrogens (primary N) is 1. The normalized spacial score (nSPS) is 10.5. The van der Waals surface area contributed by atoms with Gasteiger partial charge < -0.3 is 41.9 Å². The van der Waals surface area contributed by atoms with Crippen LogP contribution in [-0.2, 0) is 14.3 Å². The number of nitrogens with one attached hydrogen (secondary N) is 3. The number of benzene rings is 4. The first-order chi connectivity index (χ1) is 29.0. The molecule has 0 unspecified atom stereocenters. The van der Waals surface area contributed by atoms with Gasteiger partial charge in [0, 0.05) is 85.1 Å². The molecule has 0 aliphatic carbocycles. The van der Waals surface area contributed by atoms with Crippen LogP contribution >= 0.6 is 93.9 Å². The van der Waals surface area contributed by atoms with Crippen molar-refractivity contribution in [2.75, 3.05) is 68.1 Å². The molecule has 5 rings (SSSR count). The molecule has 1 aliphatic heterocycles. The standard InChI is InChI=1S/C11H14BrNO2.C10H12BrNO2.C10H10BrNO.C6H6BrN.C6H15N.Al.3ClH.Li.H2O/c1-15-11(14)3-2-8-13-10-6-4-9(12)5-7-10;11-8-3-5-9(6-4-8)12-7-1-2-10(13)14;11-7-3-4-9-8(6-7)10(13)2-1-5-12-9;7-5-1-3-6(8)4-2-5;1-4-7(5-2)6-3;;;;;;/h4-7,13H,2-3,8H2,1H3;3-6,12H,1-2,7H2,(H,13,14);3-4,6,12H,1-2,5H2;1-4H,8H2;4-6H2,1-3H3;;3*1H;;1H2/q;;;;;+3;;;;+1;/p-4. The minimum Gasteiger partial charge on any atom is -0.870 e. The molecule has 1 aliphatic rings. The Hall–Kier alpha value is -1.47. The number of hydrogen-bond acceptors (Lipinski definition) is 10. The van der Waals surface area contributed by atoms with Crippen LogP contribution in [0.1, 0.15) is 69.7 Å². The number of ether oxygens (including phenoxy) is 1. The van der Waals surface area contributed by atoms with E-state index in [9.17, 15) is 14.4 Å². The van der Waals surface area contributed by atoms with Crippen molar-refractivity contribution in [3.8, 4) is 0 Å². The number of nitrogen functional groups attached to an aromatic ring is 1. The Morgan fingerprint density at radius 3 is 1.56 bits per heavy atom. The summed E-state index contributed by atoms with van der Waals surface area (Å²) in [5.74, 6) is -0.670. The number of rotatable bonds is 13. The Bertz CT molecular complexity index is 1760. The molecule has 0 fully saturated rings. The van der Waals surface area contributed by atoms with E-state index in [0.29, 0.717) is 25.8 Å². The van der Waals surface area contributed by atoms with Gasteiger partial charge in [-0.3, -0.25) is 14.4 Å². The summed E-state index contributed by atoms with van der Waals surface area (Å²) in [6.07, 6.45) is 3.67. The molecular formula is C43H58AlBr4Cl3LiN5O6. The van der Waals surface area contributed by atoms with E-state index < -0.39 is 17.4 Å². The van der Waals surface area contributed by atoms with Crippen LogP contribution in [0.3, 0.4) is 0 Å². The average Bonchev–Trinajstić information content (AvgIpc) is 3.42. The number of esters is 1. The second-order valence-corrected chi connectivity index (χ2v) is 22.7. The molecule has 20 heteroatoms. The number of ketones is 1. The van der Waals surface area contributed by atoms with E-state index in [1.54, 1.807) is 0 Å². The van der Waals surface area contributed by atoms with Gasteiger partial charge in [0.25, 0.3) is 0 Å². The van der Waals surface area contributed by atoms with Crippen molar-refractivity contribution in [1.29, 1.82) is 0 Å². The first kappa shape index (κ1) is 65.8. The van der Waals surface area contributed by atoms with Crippen LogP contribution in [0.2, 0.25) is 0 Å². The number of hydrogen-bond donors (Lipinski definition) is 5. The molecular weight excluding hydrogens is 1140 g/mol. The smallest absolute Gasteiger partial charge is 0.870 e. The number of methoxy groups -OCH3 is 1. The molecule has 0 atom stereocenters. The van der Waals surface area contributed by atoms with Crippen LogP contribution in [0.15, 0.2) is 109 Å². The molecule has 0 saturated heterocycles. The van der Waals surface area contributed by atoms with Gasteiger partial charge in [-0.05, 0) is 130 Å². The third-order valence-electron chi connectivity index (χ3n) is 8.09. The van der Waals surface area contributed by atoms with E-state index in [4.69, 9.17) is 41.0 Å². The second-order valence-electron chi connectivity index (χ2n) is 12.6. The van der Waals surface area contributed by atoms with E-state index >= 15 is 0 Å². The van der Waals surface area contributed by atoms with Gasteiger partial charge in [-0.25, -0.2) is 30.1 Å². The molecule has 4 aromatic rings. The minimum absolute atomic E-state index is 0. The van der Waals surface area contributed by atoms with Gasteiger partial charge in [0.05, 0.1) is 7.11 Å². The first-order valence-electron chi connectivity index (χ1n) is 19.5. The van der Waals surface area contributed by atoms with E-state index in [0.717, 1.165) is 72.1 Å². The quantitative estimate of drug-likeness (QED) is 0.0373. The maximum atomic E-state index is 11.6. The number of Topliss-reactive ketones (excluding diaryl/α,β-unsaturated/α-hetero) is 1. The van der Waals surface area contributed by atoms with Crippen molar-refractivity contribution in [3.05, 3.63) is 114 Å². The molecule has 11 nitrogen and oxygen atoms in total. The summed E-state index contributed by atoms with van der Waals surface area (Å²) < 4.78 is 8.66. The van der Waals surface area contributed by atoms with Crippen LogP contribution in [-0.4, -0.2) is 91.0 Å². The number of carbonyl (C=O) groups excluding carboxylic acids is 2. The fourth-order valence-electron chi connectivity index (χ4n) is 4.82. The van der Waals surface area contributed by atoms with Gasteiger partial charge in [-0.2, -0.15) is 0 Å². The molecule has 4 aromatic carbocycles. The number of aliphatic carboxylic acids is 1. The largest absolute Gasteiger partial charge is 1.00 e. The third kappa shape index (κ3) is 37.3. The molecule has 7 N–H and O–H groups in total. The predicted molar refractivity (Wildman–Crippen MR) is 277 cm³/mol. The summed E-state index contributed by atoms with van der Waals surface area (Å²) in [7, 11) is 16.2. The van der Waals surface area contributed by atoms with Crippen molar-refractivity contribution in [2.24, 2.45) is 0 Å².